The van der Waals surface area contributed by atoms with E-state index in [2.05, 4.69) is 0 Å². The zero-order valence-electron chi connectivity index (χ0n) is 19.2. The molecule has 7 nitrogen and oxygen atoms in total. The molecule has 0 aromatic heterocycles. The molecule has 0 aliphatic carbocycles. The number of morpholine rings is 2. The van der Waals surface area contributed by atoms with E-state index in [4.69, 9.17) is 9.47 Å². The van der Waals surface area contributed by atoms with Crippen molar-refractivity contribution in [3.63, 3.8) is 0 Å². The van der Waals surface area contributed by atoms with E-state index in [1.54, 1.807) is 6.92 Å². The van der Waals surface area contributed by atoms with Crippen molar-refractivity contribution >= 4 is 15.9 Å². The van der Waals surface area contributed by atoms with Crippen LogP contribution in [-0.4, -0.2) is 86.6 Å². The van der Waals surface area contributed by atoms with Gasteiger partial charge in [0.2, 0.25) is 10.0 Å². The van der Waals surface area contributed by atoms with Crippen molar-refractivity contribution in [2.24, 2.45) is 10.8 Å². The van der Waals surface area contributed by atoms with Gasteiger partial charge in [-0.3, -0.25) is 4.79 Å². The molecule has 0 bridgehead atoms. The zero-order chi connectivity index (χ0) is 23.8. The molecule has 2 rings (SSSR count). The summed E-state index contributed by atoms with van der Waals surface area (Å²) in [5.74, 6) is -1.88. The quantitative estimate of drug-likeness (QED) is 0.615. The minimum atomic E-state index is -4.92. The Morgan fingerprint density at radius 1 is 1.03 bits per heavy atom. The summed E-state index contributed by atoms with van der Waals surface area (Å²) in [5, 5.41) is 0. The van der Waals surface area contributed by atoms with Gasteiger partial charge in [0.15, 0.2) is 0 Å². The maximum atomic E-state index is 12.9. The zero-order valence-corrected chi connectivity index (χ0v) is 20.0. The Morgan fingerprint density at radius 3 is 2.16 bits per heavy atom. The van der Waals surface area contributed by atoms with Crippen LogP contribution in [0.1, 0.15) is 48.0 Å². The van der Waals surface area contributed by atoms with Gasteiger partial charge in [-0.05, 0) is 24.2 Å². The molecule has 0 spiro atoms. The predicted molar refractivity (Wildman–Crippen MR) is 110 cm³/mol. The molecule has 2 saturated heterocycles. The van der Waals surface area contributed by atoms with E-state index < -0.39 is 39.7 Å². The lowest BCUT2D eigenvalue weighted by molar-refractivity contribution is -0.195. The molecule has 3 atom stereocenters. The fourth-order valence-electron chi connectivity index (χ4n) is 4.01. The number of carbonyl (C=O) groups excluding carboxylic acids is 1. The topological polar surface area (TPSA) is 76.2 Å². The van der Waals surface area contributed by atoms with Crippen LogP contribution in [0, 0.1) is 10.8 Å². The van der Waals surface area contributed by atoms with Gasteiger partial charge in [-0.15, -0.1) is 0 Å². The summed E-state index contributed by atoms with van der Waals surface area (Å²) in [6.07, 6.45) is -5.92. The molecule has 0 aromatic rings. The standard InChI is InChI=1S/C20H35F3N2O5S/c1-7-31(27,28)25-11-14(30-15(13-25)18(2,3)4)10-19(5,6)16-12-24(8-9-29-16)17(26)20(21,22)23/h14-16H,7-13H2,1-6H3. The van der Waals surface area contributed by atoms with E-state index in [0.29, 0.717) is 6.42 Å². The highest BCUT2D eigenvalue weighted by Crippen LogP contribution is 2.37. The average molecular weight is 473 g/mol. The molecule has 2 fully saturated rings. The second kappa shape index (κ2) is 9.15. The van der Waals surface area contributed by atoms with Crippen molar-refractivity contribution in [3.05, 3.63) is 0 Å². The van der Waals surface area contributed by atoms with Gasteiger partial charge in [0.25, 0.3) is 0 Å². The van der Waals surface area contributed by atoms with Crippen LogP contribution in [0.4, 0.5) is 13.2 Å². The number of halogens is 3. The van der Waals surface area contributed by atoms with Crippen molar-refractivity contribution in [1.82, 2.24) is 9.21 Å². The molecule has 31 heavy (non-hydrogen) atoms. The van der Waals surface area contributed by atoms with Gasteiger partial charge < -0.3 is 14.4 Å². The molecular weight excluding hydrogens is 437 g/mol. The molecule has 0 N–H and O–H groups in total. The van der Waals surface area contributed by atoms with Gasteiger partial charge in [-0.1, -0.05) is 34.6 Å². The number of carbonyl (C=O) groups is 1. The summed E-state index contributed by atoms with van der Waals surface area (Å²) >= 11 is 0. The number of alkyl halides is 3. The predicted octanol–water partition coefficient (Wildman–Crippen LogP) is 2.66. The van der Waals surface area contributed by atoms with Gasteiger partial charge in [0.05, 0.1) is 30.7 Å². The summed E-state index contributed by atoms with van der Waals surface area (Å²) < 4.78 is 77.1. The lowest BCUT2D eigenvalue weighted by Gasteiger charge is -2.47. The third-order valence-electron chi connectivity index (χ3n) is 6.08. The number of nitrogens with zero attached hydrogens (tertiary/aromatic N) is 2. The molecule has 2 aliphatic rings. The van der Waals surface area contributed by atoms with Gasteiger partial charge in [0.1, 0.15) is 0 Å². The minimum absolute atomic E-state index is 0.0137. The first-order chi connectivity index (χ1) is 14.0. The molecule has 1 amide bonds. The summed E-state index contributed by atoms with van der Waals surface area (Å²) in [5.41, 5.74) is -0.932. The fraction of sp³-hybridized carbons (Fsp3) is 0.950. The van der Waals surface area contributed by atoms with Gasteiger partial charge in [-0.25, -0.2) is 8.42 Å². The number of ether oxygens (including phenoxy) is 2. The number of hydrogen-bond donors (Lipinski definition) is 0. The SMILES string of the molecule is CCS(=O)(=O)N1CC(CC(C)(C)C2CN(C(=O)C(F)(F)F)CCO2)OC(C(C)(C)C)C1. The van der Waals surface area contributed by atoms with Crippen molar-refractivity contribution in [2.45, 2.75) is 72.5 Å². The van der Waals surface area contributed by atoms with E-state index >= 15 is 0 Å². The van der Waals surface area contributed by atoms with Gasteiger partial charge in [0, 0.05) is 26.2 Å². The van der Waals surface area contributed by atoms with Crippen LogP contribution >= 0.6 is 0 Å². The van der Waals surface area contributed by atoms with Gasteiger partial charge >= 0.3 is 12.1 Å². The third kappa shape index (κ3) is 6.55. The van der Waals surface area contributed by atoms with Crippen molar-refractivity contribution in [1.29, 1.82) is 0 Å². The normalized spacial score (nSPS) is 27.4. The lowest BCUT2D eigenvalue weighted by atomic mass is 9.79. The Kier molecular flexibility index (Phi) is 7.77. The molecule has 0 saturated carbocycles. The highest BCUT2D eigenvalue weighted by molar-refractivity contribution is 7.89. The maximum absolute atomic E-state index is 12.9. The van der Waals surface area contributed by atoms with Crippen LogP contribution in [0.15, 0.2) is 0 Å². The van der Waals surface area contributed by atoms with E-state index in [-0.39, 0.29) is 50.1 Å². The highest BCUT2D eigenvalue weighted by Gasteiger charge is 2.47. The Balaban J connectivity index is 2.16. The molecule has 2 heterocycles. The maximum Gasteiger partial charge on any atom is 0.471 e. The second-order valence-corrected chi connectivity index (χ2v) is 12.4. The largest absolute Gasteiger partial charge is 0.471 e. The fourth-order valence-corrected chi connectivity index (χ4v) is 5.13. The first-order valence-corrected chi connectivity index (χ1v) is 12.2. The molecule has 0 radical (unpaired) electrons. The molecule has 2 aliphatic heterocycles. The Labute approximate surface area is 183 Å². The number of amides is 1. The van der Waals surface area contributed by atoms with E-state index in [0.717, 1.165) is 4.90 Å². The highest BCUT2D eigenvalue weighted by atomic mass is 32.2. The van der Waals surface area contributed by atoms with Crippen LogP contribution in [0.3, 0.4) is 0 Å². The summed E-state index contributed by atoms with van der Waals surface area (Å²) in [6.45, 7) is 11.4. The summed E-state index contributed by atoms with van der Waals surface area (Å²) in [7, 11) is -3.42. The lowest BCUT2D eigenvalue weighted by Crippen LogP contribution is -2.57. The van der Waals surface area contributed by atoms with E-state index in [1.807, 2.05) is 34.6 Å². The first kappa shape index (κ1) is 26.3. The summed E-state index contributed by atoms with van der Waals surface area (Å²) in [4.78, 5) is 12.5. The average Bonchev–Trinajstić information content (AvgIpc) is 2.65. The van der Waals surface area contributed by atoms with Crippen molar-refractivity contribution in [3.8, 4) is 0 Å². The smallest absolute Gasteiger partial charge is 0.374 e. The van der Waals surface area contributed by atoms with Crippen LogP contribution < -0.4 is 0 Å². The minimum Gasteiger partial charge on any atom is -0.374 e. The second-order valence-electron chi connectivity index (χ2n) is 10.1. The van der Waals surface area contributed by atoms with Crippen LogP contribution in [0.25, 0.3) is 0 Å². The Bertz CT molecular complexity index is 749. The molecule has 182 valence electrons. The Morgan fingerprint density at radius 2 is 1.65 bits per heavy atom. The summed E-state index contributed by atoms with van der Waals surface area (Å²) in [6, 6.07) is 0. The van der Waals surface area contributed by atoms with Gasteiger partial charge in [-0.2, -0.15) is 17.5 Å². The first-order valence-electron chi connectivity index (χ1n) is 10.6. The van der Waals surface area contributed by atoms with Crippen LogP contribution in [0.5, 0.6) is 0 Å². The molecular formula is C20H35F3N2O5S. The van der Waals surface area contributed by atoms with E-state index in [1.165, 1.54) is 4.31 Å². The molecule has 0 aromatic carbocycles. The molecule has 3 unspecified atom stereocenters. The molecule has 11 heteroatoms. The number of sulfonamides is 1. The van der Waals surface area contributed by atoms with Crippen molar-refractivity contribution < 1.29 is 35.9 Å². The van der Waals surface area contributed by atoms with Crippen molar-refractivity contribution in [2.75, 3.05) is 38.5 Å². The Hall–Kier alpha value is -0.910. The monoisotopic (exact) mass is 472 g/mol. The number of hydrogen-bond acceptors (Lipinski definition) is 5. The van der Waals surface area contributed by atoms with Crippen LogP contribution in [0.2, 0.25) is 0 Å². The van der Waals surface area contributed by atoms with Crippen LogP contribution in [-0.2, 0) is 24.3 Å². The third-order valence-corrected chi connectivity index (χ3v) is 7.89. The number of rotatable bonds is 5. The van der Waals surface area contributed by atoms with E-state index in [9.17, 15) is 26.4 Å².